The predicted molar refractivity (Wildman–Crippen MR) is 133 cm³/mol. The van der Waals surface area contributed by atoms with Gasteiger partial charge in [-0.1, -0.05) is 31.9 Å². The summed E-state index contributed by atoms with van der Waals surface area (Å²) in [5.74, 6) is 0.0529. The lowest BCUT2D eigenvalue weighted by Crippen LogP contribution is -2.57. The van der Waals surface area contributed by atoms with Crippen LogP contribution in [0.5, 0.6) is 0 Å². The Morgan fingerprint density at radius 1 is 1.00 bits per heavy atom. The molecule has 4 N–H and O–H groups in total. The van der Waals surface area contributed by atoms with Crippen LogP contribution in [-0.4, -0.2) is 37.0 Å². The molecule has 0 radical (unpaired) electrons. The van der Waals surface area contributed by atoms with Crippen LogP contribution in [0.4, 0.5) is 21.9 Å². The maximum atomic E-state index is 12.2. The van der Waals surface area contributed by atoms with E-state index in [4.69, 9.17) is 0 Å². The Morgan fingerprint density at radius 3 is 2.26 bits per heavy atom. The highest BCUT2D eigenvalue weighted by molar-refractivity contribution is 6.02. The topological polar surface area (TPSA) is 103 Å². The molecule has 8 heteroatoms. The van der Waals surface area contributed by atoms with Crippen molar-refractivity contribution in [2.45, 2.75) is 51.6 Å². The number of imide groups is 1. The summed E-state index contributed by atoms with van der Waals surface area (Å²) in [5, 5.41) is 10.7. The third-order valence-electron chi connectivity index (χ3n) is 6.52. The number of carbonyl (C=O) groups excluding carboxylic acids is 3. The highest BCUT2D eigenvalue weighted by Crippen LogP contribution is 2.27. The number of urea groups is 1. The van der Waals surface area contributed by atoms with Crippen LogP contribution in [0.1, 0.15) is 44.6 Å². The third-order valence-corrected chi connectivity index (χ3v) is 6.52. The average Bonchev–Trinajstić information content (AvgIpc) is 2.84. The molecule has 0 saturated carbocycles. The van der Waals surface area contributed by atoms with Gasteiger partial charge >= 0.3 is 6.03 Å². The van der Waals surface area contributed by atoms with Gasteiger partial charge in [-0.25, -0.2) is 4.79 Å². The minimum absolute atomic E-state index is 0.0592. The van der Waals surface area contributed by atoms with Crippen molar-refractivity contribution in [2.24, 2.45) is 5.92 Å². The molecule has 1 atom stereocenters. The summed E-state index contributed by atoms with van der Waals surface area (Å²) in [6.07, 6.45) is 5.13. The van der Waals surface area contributed by atoms with Gasteiger partial charge < -0.3 is 20.9 Å². The lowest BCUT2D eigenvalue weighted by atomic mass is 9.92. The van der Waals surface area contributed by atoms with Gasteiger partial charge in [-0.15, -0.1) is 0 Å². The van der Waals surface area contributed by atoms with Crippen LogP contribution in [-0.2, 0) is 16.1 Å². The zero-order chi connectivity index (χ0) is 23.9. The van der Waals surface area contributed by atoms with Gasteiger partial charge in [0.2, 0.25) is 11.8 Å². The molecule has 0 aliphatic carbocycles. The van der Waals surface area contributed by atoms with Crippen molar-refractivity contribution < 1.29 is 14.4 Å². The fourth-order valence-corrected chi connectivity index (χ4v) is 4.60. The van der Waals surface area contributed by atoms with E-state index in [1.54, 1.807) is 0 Å². The number of hydrogen-bond acceptors (Lipinski definition) is 5. The largest absolute Gasteiger partial charge is 0.372 e. The SMILES string of the molecule is CCCC1CCN(c2ccc(Nc3ccc(CNC(=O)[C@@H]4CC(=O)NC(=O)N4)cc3)cc2)CC1. The molecule has 2 aromatic rings. The van der Waals surface area contributed by atoms with Gasteiger partial charge in [0, 0.05) is 36.7 Å². The van der Waals surface area contributed by atoms with Gasteiger partial charge in [0.05, 0.1) is 6.42 Å². The number of nitrogens with zero attached hydrogens (tertiary/aromatic N) is 1. The number of nitrogens with one attached hydrogen (secondary N) is 4. The summed E-state index contributed by atoms with van der Waals surface area (Å²) in [6, 6.07) is 14.9. The Bertz CT molecular complexity index is 982. The number of amides is 4. The molecule has 34 heavy (non-hydrogen) atoms. The molecule has 0 spiro atoms. The van der Waals surface area contributed by atoms with Gasteiger partial charge in [0.25, 0.3) is 0 Å². The maximum absolute atomic E-state index is 12.2. The van der Waals surface area contributed by atoms with Crippen molar-refractivity contribution >= 4 is 34.9 Å². The molecule has 4 amide bonds. The van der Waals surface area contributed by atoms with E-state index >= 15 is 0 Å². The lowest BCUT2D eigenvalue weighted by Gasteiger charge is -2.33. The predicted octanol–water partition coefficient (Wildman–Crippen LogP) is 3.66. The summed E-state index contributed by atoms with van der Waals surface area (Å²) in [6.45, 7) is 4.86. The van der Waals surface area contributed by atoms with Gasteiger partial charge in [-0.2, -0.15) is 0 Å². The molecule has 2 heterocycles. The number of carbonyl (C=O) groups is 3. The average molecular weight is 464 g/mol. The maximum Gasteiger partial charge on any atom is 0.322 e. The molecule has 0 aromatic heterocycles. The molecule has 180 valence electrons. The second-order valence-electron chi connectivity index (χ2n) is 9.08. The standard InChI is InChI=1S/C26H33N5O3/c1-2-3-18-12-14-31(15-13-18)22-10-8-21(9-11-22)28-20-6-4-19(5-7-20)17-27-25(33)23-16-24(32)30-26(34)29-23/h4-11,18,23,28H,2-3,12-17H2,1H3,(H,27,33)(H2,29,30,32,34)/t23-/m0/s1. The van der Waals surface area contributed by atoms with Gasteiger partial charge in [0.1, 0.15) is 6.04 Å². The van der Waals surface area contributed by atoms with Crippen molar-refractivity contribution in [3.63, 3.8) is 0 Å². The van der Waals surface area contributed by atoms with E-state index in [0.29, 0.717) is 6.54 Å². The van der Waals surface area contributed by atoms with Crippen LogP contribution in [0.15, 0.2) is 48.5 Å². The molecule has 2 aliphatic rings. The fraction of sp³-hybridized carbons (Fsp3) is 0.423. The first-order valence-corrected chi connectivity index (χ1v) is 12.1. The summed E-state index contributed by atoms with van der Waals surface area (Å²) in [4.78, 5) is 37.5. The highest BCUT2D eigenvalue weighted by Gasteiger charge is 2.29. The van der Waals surface area contributed by atoms with E-state index in [1.807, 2.05) is 24.3 Å². The van der Waals surface area contributed by atoms with Crippen LogP contribution in [0.3, 0.4) is 0 Å². The number of piperidine rings is 1. The molecule has 0 bridgehead atoms. The van der Waals surface area contributed by atoms with Crippen molar-refractivity contribution in [1.29, 1.82) is 0 Å². The fourth-order valence-electron chi connectivity index (χ4n) is 4.60. The number of anilines is 3. The molecule has 2 fully saturated rings. The minimum Gasteiger partial charge on any atom is -0.372 e. The molecule has 0 unspecified atom stereocenters. The third kappa shape index (κ3) is 6.27. The van der Waals surface area contributed by atoms with Crippen molar-refractivity contribution in [3.8, 4) is 0 Å². The highest BCUT2D eigenvalue weighted by atomic mass is 16.2. The van der Waals surface area contributed by atoms with E-state index in [-0.39, 0.29) is 12.3 Å². The second kappa shape index (κ2) is 11.0. The lowest BCUT2D eigenvalue weighted by molar-refractivity contribution is -0.128. The van der Waals surface area contributed by atoms with Crippen molar-refractivity contribution in [2.75, 3.05) is 23.3 Å². The molecule has 2 saturated heterocycles. The Kier molecular flexibility index (Phi) is 7.67. The summed E-state index contributed by atoms with van der Waals surface area (Å²) < 4.78 is 0. The first-order valence-electron chi connectivity index (χ1n) is 12.1. The Hall–Kier alpha value is -3.55. The van der Waals surface area contributed by atoms with Crippen LogP contribution in [0.25, 0.3) is 0 Å². The second-order valence-corrected chi connectivity index (χ2v) is 9.08. The molecule has 8 nitrogen and oxygen atoms in total. The van der Waals surface area contributed by atoms with Crippen LogP contribution >= 0.6 is 0 Å². The Morgan fingerprint density at radius 2 is 1.65 bits per heavy atom. The van der Waals surface area contributed by atoms with Crippen LogP contribution in [0.2, 0.25) is 0 Å². The first kappa shape index (κ1) is 23.6. The molecule has 2 aromatic carbocycles. The number of hydrogen-bond donors (Lipinski definition) is 4. The first-order chi connectivity index (χ1) is 16.5. The zero-order valence-electron chi connectivity index (χ0n) is 19.6. The molecular formula is C26H33N5O3. The minimum atomic E-state index is -0.840. The Balaban J connectivity index is 1.24. The normalized spacial score (nSPS) is 18.7. The summed E-state index contributed by atoms with van der Waals surface area (Å²) in [7, 11) is 0. The summed E-state index contributed by atoms with van der Waals surface area (Å²) in [5.41, 5.74) is 4.18. The van der Waals surface area contributed by atoms with Gasteiger partial charge in [0.15, 0.2) is 0 Å². The Labute approximate surface area is 200 Å². The zero-order valence-corrected chi connectivity index (χ0v) is 19.6. The summed E-state index contributed by atoms with van der Waals surface area (Å²) >= 11 is 0. The van der Waals surface area contributed by atoms with Crippen LogP contribution in [0, 0.1) is 5.92 Å². The number of rotatable bonds is 8. The van der Waals surface area contributed by atoms with E-state index in [0.717, 1.165) is 35.9 Å². The molecular weight excluding hydrogens is 430 g/mol. The molecule has 4 rings (SSSR count). The quantitative estimate of drug-likeness (QED) is 0.479. The number of benzene rings is 2. The van der Waals surface area contributed by atoms with E-state index < -0.39 is 18.0 Å². The van der Waals surface area contributed by atoms with Crippen LogP contribution < -0.4 is 26.2 Å². The monoisotopic (exact) mass is 463 g/mol. The van der Waals surface area contributed by atoms with E-state index in [9.17, 15) is 14.4 Å². The smallest absolute Gasteiger partial charge is 0.322 e. The van der Waals surface area contributed by atoms with E-state index in [2.05, 4.69) is 57.4 Å². The van der Waals surface area contributed by atoms with Crippen molar-refractivity contribution in [3.05, 3.63) is 54.1 Å². The molecule has 2 aliphatic heterocycles. The van der Waals surface area contributed by atoms with E-state index in [1.165, 1.54) is 31.4 Å². The van der Waals surface area contributed by atoms with Crippen molar-refractivity contribution in [1.82, 2.24) is 16.0 Å². The van der Waals surface area contributed by atoms with Gasteiger partial charge in [-0.3, -0.25) is 14.9 Å². The van der Waals surface area contributed by atoms with Gasteiger partial charge in [-0.05, 0) is 60.7 Å².